The van der Waals surface area contributed by atoms with E-state index >= 15 is 4.79 Å². The van der Waals surface area contributed by atoms with Gasteiger partial charge in [-0.3, -0.25) is 9.59 Å². The minimum Gasteiger partial charge on any atom is -0.497 e. The van der Waals surface area contributed by atoms with Gasteiger partial charge in [0.25, 0.3) is 0 Å². The van der Waals surface area contributed by atoms with Crippen LogP contribution in [0.4, 0.5) is 0 Å². The number of Topliss-reactive ketones (excluding diaryl/α,β-unsaturated/α-hetero) is 1. The largest absolute Gasteiger partial charge is 0.497 e. The highest BCUT2D eigenvalue weighted by Gasteiger charge is 2.74. The number of hydrogen-bond donors (Lipinski definition) is 2. The number of ether oxygens (including phenoxy) is 4. The number of carbonyl (C=O) groups excluding carboxylic acids is 2. The summed E-state index contributed by atoms with van der Waals surface area (Å²) >= 11 is 1.55. The average molecular weight is 832 g/mol. The van der Waals surface area contributed by atoms with Crippen molar-refractivity contribution in [2.75, 3.05) is 35.0 Å². The number of aliphatic hydroxyl groups is 2. The van der Waals surface area contributed by atoms with Crippen molar-refractivity contribution in [2.24, 2.45) is 33.5 Å². The van der Waals surface area contributed by atoms with E-state index in [9.17, 15) is 15.0 Å². The van der Waals surface area contributed by atoms with E-state index in [1.165, 1.54) is 0 Å². The zero-order valence-electron chi connectivity index (χ0n) is 35.6. The monoisotopic (exact) mass is 831 g/mol. The summed E-state index contributed by atoms with van der Waals surface area (Å²) in [5.41, 5.74) is -0.694. The van der Waals surface area contributed by atoms with Crippen LogP contribution in [-0.2, 0) is 17.8 Å². The quantitative estimate of drug-likeness (QED) is 0.108. The number of benzene rings is 3. The topological polar surface area (TPSA) is 115 Å². The van der Waals surface area contributed by atoms with E-state index in [0.29, 0.717) is 42.3 Å². The van der Waals surface area contributed by atoms with E-state index in [0.717, 1.165) is 57.3 Å². The molecule has 3 saturated carbocycles. The van der Waals surface area contributed by atoms with Crippen LogP contribution >= 0.6 is 11.3 Å². The molecule has 8 atom stereocenters. The summed E-state index contributed by atoms with van der Waals surface area (Å²) in [7, 11) is 6.38. The van der Waals surface area contributed by atoms with Crippen molar-refractivity contribution in [3.8, 4) is 23.0 Å². The summed E-state index contributed by atoms with van der Waals surface area (Å²) in [4.78, 5) is 32.5. The minimum atomic E-state index is -1.26. The maximum atomic E-state index is 15.2. The summed E-state index contributed by atoms with van der Waals surface area (Å²) < 4.78 is 23.4. The van der Waals surface area contributed by atoms with Gasteiger partial charge in [0.2, 0.25) is 5.91 Å². The molecular weight excluding hydrogens is 775 g/mol. The normalized spacial score (nSPS) is 32.4. The minimum absolute atomic E-state index is 0.0602. The van der Waals surface area contributed by atoms with Gasteiger partial charge in [0.1, 0.15) is 11.5 Å². The zero-order valence-corrected chi connectivity index (χ0v) is 36.4. The maximum Gasteiger partial charge on any atom is 0.227 e. The molecule has 2 bridgehead atoms. The lowest BCUT2D eigenvalue weighted by Gasteiger charge is -2.71. The number of carbonyl (C=O) groups is 2. The summed E-state index contributed by atoms with van der Waals surface area (Å²) in [5.74, 6) is 2.38. The van der Waals surface area contributed by atoms with Crippen LogP contribution in [0, 0.1) is 33.5 Å². The Labute approximate surface area is 357 Å². The van der Waals surface area contributed by atoms with Crippen LogP contribution in [0.3, 0.4) is 0 Å². The Hall–Kier alpha value is -4.64. The van der Waals surface area contributed by atoms with Gasteiger partial charge in [-0.15, -0.1) is 11.3 Å². The van der Waals surface area contributed by atoms with Gasteiger partial charge in [0, 0.05) is 44.7 Å². The van der Waals surface area contributed by atoms with Crippen LogP contribution in [0.2, 0.25) is 0 Å². The number of nitrogens with zero attached hydrogens (tertiary/aromatic N) is 1. The molecule has 6 aliphatic carbocycles. The molecular formula is C50H57NO8S. The van der Waals surface area contributed by atoms with Crippen LogP contribution in [-0.4, -0.2) is 73.5 Å². The van der Waals surface area contributed by atoms with Gasteiger partial charge in [0.15, 0.2) is 17.3 Å². The van der Waals surface area contributed by atoms with E-state index < -0.39 is 27.9 Å². The van der Waals surface area contributed by atoms with Gasteiger partial charge in [0.05, 0.1) is 58.0 Å². The first-order valence-electron chi connectivity index (χ1n) is 21.3. The van der Waals surface area contributed by atoms with Crippen molar-refractivity contribution in [2.45, 2.75) is 83.5 Å². The highest BCUT2D eigenvalue weighted by Crippen LogP contribution is 2.78. The fourth-order valence-electron chi connectivity index (χ4n) is 12.8. The van der Waals surface area contributed by atoms with Crippen LogP contribution in [0.15, 0.2) is 90.5 Å². The first kappa shape index (κ1) is 40.7. The van der Waals surface area contributed by atoms with Crippen LogP contribution in [0.1, 0.15) is 79.6 Å². The van der Waals surface area contributed by atoms with E-state index in [-0.39, 0.29) is 48.5 Å². The van der Waals surface area contributed by atoms with Gasteiger partial charge in [-0.2, -0.15) is 0 Å². The second-order valence-corrected chi connectivity index (χ2v) is 19.7. The number of allylic oxidation sites excluding steroid dienone is 4. The van der Waals surface area contributed by atoms with Gasteiger partial charge in [-0.1, -0.05) is 56.3 Å². The standard InChI is InChI=1S/C50H57NO8S/c1-46-18-15-34(52)27-48(46)21-22-50(36(28-48)45(54)41-25-32-9-7-8-10-40(32)60-41)42(46)16-19-47(2)43(50)17-20-49(47,55)30-51(29-33-12-13-35(56-3)26-38(33)58-5)44(53)24-31-11-14-37(57-4)39(23-31)59-6/h7-14,21-23,25-26,28,34,42-43,52,55H,15-20,24,27,29-30H2,1-6H3. The second-order valence-electron chi connectivity index (χ2n) is 18.6. The van der Waals surface area contributed by atoms with Gasteiger partial charge < -0.3 is 34.1 Å². The number of methoxy groups -OCH3 is 4. The SMILES string of the molecule is COc1ccc(CN(CC2(O)CCC3C45C=CC6(C=C4C(=O)c4cc7ccccc7s4)CC(O)CCC6(C)C5CCC32C)C(=O)Cc2ccc(OC)c(OC)c2)c(OC)c1. The van der Waals surface area contributed by atoms with Crippen molar-refractivity contribution in [1.82, 2.24) is 4.90 Å². The number of aliphatic hydroxyl groups excluding tert-OH is 1. The Morgan fingerprint density at radius 2 is 1.53 bits per heavy atom. The highest BCUT2D eigenvalue weighted by atomic mass is 32.1. The second kappa shape index (κ2) is 14.8. The number of thiophene rings is 1. The first-order chi connectivity index (χ1) is 28.8. The fourth-order valence-corrected chi connectivity index (χ4v) is 13.9. The molecule has 3 fully saturated rings. The molecule has 9 nitrogen and oxygen atoms in total. The molecule has 2 N–H and O–H groups in total. The summed E-state index contributed by atoms with van der Waals surface area (Å²) in [6.07, 6.45) is 11.6. The summed E-state index contributed by atoms with van der Waals surface area (Å²) in [6, 6.07) is 21.3. The molecule has 10 rings (SSSR count). The number of rotatable bonds is 12. The summed E-state index contributed by atoms with van der Waals surface area (Å²) in [6.45, 7) is 4.95. The first-order valence-corrected chi connectivity index (χ1v) is 22.2. The summed E-state index contributed by atoms with van der Waals surface area (Å²) in [5, 5.41) is 25.6. The molecule has 4 aromatic rings. The Kier molecular flexibility index (Phi) is 10.0. The molecule has 2 spiro atoms. The van der Waals surface area contributed by atoms with Gasteiger partial charge >= 0.3 is 0 Å². The third-order valence-electron chi connectivity index (χ3n) is 16.1. The molecule has 10 heteroatoms. The highest BCUT2D eigenvalue weighted by molar-refractivity contribution is 7.21. The molecule has 1 heterocycles. The lowest BCUT2D eigenvalue weighted by Crippen LogP contribution is -2.67. The van der Waals surface area contributed by atoms with Crippen molar-refractivity contribution < 1.29 is 38.7 Å². The van der Waals surface area contributed by atoms with Crippen LogP contribution in [0.25, 0.3) is 10.1 Å². The van der Waals surface area contributed by atoms with Gasteiger partial charge in [-0.25, -0.2) is 0 Å². The van der Waals surface area contributed by atoms with Gasteiger partial charge in [-0.05, 0) is 110 Å². The van der Waals surface area contributed by atoms with E-state index in [4.69, 9.17) is 18.9 Å². The maximum absolute atomic E-state index is 15.2. The average Bonchev–Trinajstić information content (AvgIpc) is 3.81. The molecule has 1 aromatic heterocycles. The predicted octanol–water partition coefficient (Wildman–Crippen LogP) is 8.98. The van der Waals surface area contributed by atoms with Crippen molar-refractivity contribution in [3.63, 3.8) is 0 Å². The molecule has 0 aliphatic heterocycles. The molecule has 3 aromatic carbocycles. The number of hydrogen-bond acceptors (Lipinski definition) is 9. The van der Waals surface area contributed by atoms with Crippen molar-refractivity contribution in [1.29, 1.82) is 0 Å². The Bertz CT molecular complexity index is 2390. The predicted molar refractivity (Wildman–Crippen MR) is 233 cm³/mol. The molecule has 60 heavy (non-hydrogen) atoms. The molecule has 0 saturated heterocycles. The number of amides is 1. The molecule has 1 amide bonds. The lowest BCUT2D eigenvalue weighted by molar-refractivity contribution is -0.178. The Morgan fingerprint density at radius 1 is 0.800 bits per heavy atom. The zero-order chi connectivity index (χ0) is 42.2. The third kappa shape index (κ3) is 5.98. The van der Waals surface area contributed by atoms with E-state index in [1.54, 1.807) is 50.7 Å². The lowest BCUT2D eigenvalue weighted by atomic mass is 9.32. The van der Waals surface area contributed by atoms with Crippen molar-refractivity contribution >= 4 is 33.1 Å². The number of ketones is 1. The molecule has 316 valence electrons. The van der Waals surface area contributed by atoms with E-state index in [2.05, 4.69) is 44.2 Å². The number of fused-ring (bicyclic) bond motifs is 2. The fraction of sp³-hybridized carbons (Fsp3) is 0.480. The van der Waals surface area contributed by atoms with Crippen molar-refractivity contribution in [3.05, 3.63) is 107 Å². The van der Waals surface area contributed by atoms with Crippen LogP contribution < -0.4 is 18.9 Å². The molecule has 6 aliphatic rings. The Balaban J connectivity index is 1.11. The van der Waals surface area contributed by atoms with E-state index in [1.807, 2.05) is 48.5 Å². The smallest absolute Gasteiger partial charge is 0.227 e. The Morgan fingerprint density at radius 3 is 2.28 bits per heavy atom. The van der Waals surface area contributed by atoms with Crippen LogP contribution in [0.5, 0.6) is 23.0 Å². The third-order valence-corrected chi connectivity index (χ3v) is 17.2. The molecule has 8 unspecified atom stereocenters. The molecule has 0 radical (unpaired) electrons.